The molecule has 1 N–H and O–H groups in total. The summed E-state index contributed by atoms with van der Waals surface area (Å²) in [5.41, 5.74) is -0.302. The van der Waals surface area contributed by atoms with Gasteiger partial charge in [-0.2, -0.15) is 4.31 Å². The van der Waals surface area contributed by atoms with Crippen molar-refractivity contribution in [1.29, 1.82) is 0 Å². The van der Waals surface area contributed by atoms with Gasteiger partial charge in [-0.25, -0.2) is 13.9 Å². The Morgan fingerprint density at radius 1 is 0.606 bits per heavy atom. The minimum absolute atomic E-state index is 0.0321. The summed E-state index contributed by atoms with van der Waals surface area (Å²) < 4.78 is 86.5. The fourth-order valence-corrected chi connectivity index (χ4v) is 10.7. The molecule has 4 atom stereocenters. The molecule has 17 heteroatoms. The van der Waals surface area contributed by atoms with Crippen LogP contribution in [0.25, 0.3) is 0 Å². The zero-order valence-electron chi connectivity index (χ0n) is 36.0. The van der Waals surface area contributed by atoms with Crippen molar-refractivity contribution in [2.45, 2.75) is 37.4 Å². The summed E-state index contributed by atoms with van der Waals surface area (Å²) in [6, 6.07) is 48.5. The van der Waals surface area contributed by atoms with Gasteiger partial charge in [0.05, 0.1) is 20.8 Å². The minimum Gasteiger partial charge on any atom is -0.497 e. The van der Waals surface area contributed by atoms with Gasteiger partial charge in [-0.3, -0.25) is 18.9 Å². The van der Waals surface area contributed by atoms with Crippen LogP contribution in [-0.2, 0) is 33.0 Å². The molecule has 6 aromatic carbocycles. The maximum atomic E-state index is 15.4. The fraction of sp³-hybridized carbons (Fsp3) is 0.184. The fourth-order valence-electron chi connectivity index (χ4n) is 7.44. The second-order valence-corrected chi connectivity index (χ2v) is 18.2. The van der Waals surface area contributed by atoms with Crippen LogP contribution < -0.4 is 34.3 Å². The highest BCUT2D eigenvalue weighted by atomic mass is 31.3. The first kappa shape index (κ1) is 45.9. The van der Waals surface area contributed by atoms with Crippen LogP contribution in [0.4, 0.5) is 0 Å². The molecule has 7 aromatic rings. The van der Waals surface area contributed by atoms with Crippen LogP contribution in [-0.4, -0.2) is 42.6 Å². The van der Waals surface area contributed by atoms with Crippen molar-refractivity contribution in [3.63, 3.8) is 0 Å². The van der Waals surface area contributed by atoms with E-state index < -0.39 is 50.9 Å². The molecule has 1 aliphatic rings. The van der Waals surface area contributed by atoms with Crippen molar-refractivity contribution < 1.29 is 50.5 Å². The van der Waals surface area contributed by atoms with Gasteiger partial charge in [0.1, 0.15) is 52.8 Å². The van der Waals surface area contributed by atoms with E-state index in [1.807, 2.05) is 78.9 Å². The molecule has 0 spiro atoms. The topological polar surface area (TPSA) is 172 Å². The number of aromatic amines is 1. The lowest BCUT2D eigenvalue weighted by Gasteiger charge is -2.37. The summed E-state index contributed by atoms with van der Waals surface area (Å²) in [7, 11) is -6.96. The van der Waals surface area contributed by atoms with E-state index in [-0.39, 0.29) is 35.8 Å². The Kier molecular flexibility index (Phi) is 14.0. The summed E-state index contributed by atoms with van der Waals surface area (Å²) >= 11 is 0. The molecule has 0 saturated carbocycles. The Labute approximate surface area is 380 Å². The Morgan fingerprint density at radius 3 is 1.52 bits per heavy atom. The van der Waals surface area contributed by atoms with E-state index in [1.165, 1.54) is 47.2 Å². The molecule has 15 nitrogen and oxygen atoms in total. The van der Waals surface area contributed by atoms with Gasteiger partial charge >= 0.3 is 21.3 Å². The maximum absolute atomic E-state index is 15.4. The Hall–Kier alpha value is -6.70. The molecule has 66 heavy (non-hydrogen) atoms. The first-order valence-corrected chi connectivity index (χ1v) is 23.7. The molecule has 1 unspecified atom stereocenters. The highest BCUT2D eigenvalue weighted by molar-refractivity contribution is 7.62. The average molecular weight is 933 g/mol. The van der Waals surface area contributed by atoms with Gasteiger partial charge in [-0.05, 0) is 84.3 Å². The SMILES string of the molecule is COc1ccc(C(OC[C@H]2O[C@@H](n3cc(C)c(=O)[nH]c3=O)C[C@@H]2OP(=O)(Oc2ccccc2)OP(=O)(Oc2ccccc2)Oc2ccccc2)(c2ccccc2)c2ccc(OC)cc2)cc1. The lowest BCUT2D eigenvalue weighted by atomic mass is 9.80. The third-order valence-corrected chi connectivity index (χ3v) is 14.1. The molecular formula is C49H46N2O13P2. The molecule has 0 amide bonds. The highest BCUT2D eigenvalue weighted by Gasteiger charge is 2.51. The lowest BCUT2D eigenvalue weighted by molar-refractivity contribution is -0.0932. The summed E-state index contributed by atoms with van der Waals surface area (Å²) in [4.78, 5) is 28.2. The number of ether oxygens (including phenoxy) is 4. The molecule has 1 aromatic heterocycles. The van der Waals surface area contributed by atoms with E-state index in [9.17, 15) is 14.2 Å². The van der Waals surface area contributed by atoms with E-state index in [1.54, 1.807) is 75.7 Å². The summed E-state index contributed by atoms with van der Waals surface area (Å²) in [5, 5.41) is 0. The smallest absolute Gasteiger partial charge is 0.497 e. The quantitative estimate of drug-likeness (QED) is 0.0601. The van der Waals surface area contributed by atoms with Crippen LogP contribution in [0.1, 0.15) is 34.9 Å². The van der Waals surface area contributed by atoms with Crippen LogP contribution in [0.2, 0.25) is 0 Å². The number of rotatable bonds is 19. The molecule has 8 rings (SSSR count). The maximum Gasteiger partial charge on any atom is 0.597 e. The lowest BCUT2D eigenvalue weighted by Crippen LogP contribution is -2.38. The second-order valence-electron chi connectivity index (χ2n) is 15.0. The molecule has 0 aliphatic carbocycles. The normalized spacial score (nSPS) is 17.0. The number of nitrogens with zero attached hydrogens (tertiary/aromatic N) is 1. The third-order valence-electron chi connectivity index (χ3n) is 10.6. The predicted octanol–water partition coefficient (Wildman–Crippen LogP) is 10.0. The molecule has 2 heterocycles. The summed E-state index contributed by atoms with van der Waals surface area (Å²) in [6.45, 7) is 1.26. The number of para-hydroxylation sites is 3. The Morgan fingerprint density at radius 2 is 1.05 bits per heavy atom. The number of nitrogens with one attached hydrogen (secondary N) is 1. The second kappa shape index (κ2) is 20.2. The molecule has 1 aliphatic heterocycles. The number of aromatic nitrogens is 2. The number of phosphoric ester groups is 2. The monoisotopic (exact) mass is 932 g/mol. The van der Waals surface area contributed by atoms with Crippen molar-refractivity contribution in [2.75, 3.05) is 20.8 Å². The number of benzene rings is 6. The number of hydrogen-bond acceptors (Lipinski definition) is 13. The highest BCUT2D eigenvalue weighted by Crippen LogP contribution is 2.66. The molecule has 1 saturated heterocycles. The number of H-pyrrole nitrogens is 1. The van der Waals surface area contributed by atoms with Gasteiger partial charge in [0.2, 0.25) is 0 Å². The van der Waals surface area contributed by atoms with Crippen molar-refractivity contribution >= 4 is 15.6 Å². The van der Waals surface area contributed by atoms with Crippen LogP contribution in [0.15, 0.2) is 186 Å². The van der Waals surface area contributed by atoms with Crippen LogP contribution >= 0.6 is 15.6 Å². The van der Waals surface area contributed by atoms with Crippen molar-refractivity contribution in [1.82, 2.24) is 9.55 Å². The molecular weight excluding hydrogens is 886 g/mol. The van der Waals surface area contributed by atoms with Crippen LogP contribution in [0, 0.1) is 6.92 Å². The average Bonchev–Trinajstić information content (AvgIpc) is 3.72. The number of aryl methyl sites for hydroxylation is 1. The summed E-state index contributed by atoms with van der Waals surface area (Å²) in [5.74, 6) is 1.41. The predicted molar refractivity (Wildman–Crippen MR) is 245 cm³/mol. The van der Waals surface area contributed by atoms with Crippen molar-refractivity contribution in [2.24, 2.45) is 0 Å². The van der Waals surface area contributed by atoms with E-state index in [4.69, 9.17) is 41.4 Å². The van der Waals surface area contributed by atoms with E-state index in [0.717, 1.165) is 5.56 Å². The third kappa shape index (κ3) is 10.5. The van der Waals surface area contributed by atoms with E-state index >= 15 is 4.57 Å². The molecule has 0 bridgehead atoms. The Bertz CT molecular complexity index is 2810. The zero-order valence-corrected chi connectivity index (χ0v) is 37.8. The first-order chi connectivity index (χ1) is 32.0. The van der Waals surface area contributed by atoms with Gasteiger partial charge in [-0.15, -0.1) is 0 Å². The van der Waals surface area contributed by atoms with Gasteiger partial charge in [0.25, 0.3) is 5.56 Å². The van der Waals surface area contributed by atoms with Gasteiger partial charge in [-0.1, -0.05) is 109 Å². The number of methoxy groups -OCH3 is 2. The van der Waals surface area contributed by atoms with Crippen molar-refractivity contribution in [3.8, 4) is 28.7 Å². The molecule has 340 valence electrons. The van der Waals surface area contributed by atoms with Gasteiger partial charge in [0.15, 0.2) is 0 Å². The summed E-state index contributed by atoms with van der Waals surface area (Å²) in [6.07, 6.45) is -2.36. The standard InChI is InChI=1S/C49H46N2O13P2/c1-35-33-51(48(53)50-47(35)52)46-32-44(63-66(55,62-43-22-14-7-15-23-43)64-65(54,60-41-18-10-5-11-19-41)61-42-20-12-6-13-21-42)45(59-46)34-58-49(36-16-8-4-9-17-36,37-24-28-39(56-2)29-25-37)38-26-30-40(57-3)31-27-38/h4-31,33,44-46H,32,34H2,1-3H3,(H,50,52,53)/t44-,45+,46+,66?/m0/s1. The van der Waals surface area contributed by atoms with Crippen LogP contribution in [0.5, 0.6) is 28.7 Å². The minimum atomic E-state index is -5.15. The van der Waals surface area contributed by atoms with Gasteiger partial charge < -0.3 is 32.5 Å². The van der Waals surface area contributed by atoms with Crippen molar-refractivity contribution in [3.05, 3.63) is 219 Å². The first-order valence-electron chi connectivity index (χ1n) is 20.8. The van der Waals surface area contributed by atoms with Crippen LogP contribution in [0.3, 0.4) is 0 Å². The Balaban J connectivity index is 1.23. The largest absolute Gasteiger partial charge is 0.597 e. The number of hydrogen-bond donors (Lipinski definition) is 1. The van der Waals surface area contributed by atoms with Gasteiger partial charge in [0, 0.05) is 18.2 Å². The number of phosphoric acid groups is 2. The zero-order chi connectivity index (χ0) is 46.2. The van der Waals surface area contributed by atoms with E-state index in [0.29, 0.717) is 22.6 Å². The molecule has 1 fully saturated rings. The molecule has 0 radical (unpaired) electrons. The van der Waals surface area contributed by atoms with E-state index in [2.05, 4.69) is 4.98 Å².